The molecule has 1 aromatic heterocycles. The van der Waals surface area contributed by atoms with Gasteiger partial charge in [-0.2, -0.15) is 4.31 Å². The lowest BCUT2D eigenvalue weighted by molar-refractivity contribution is -0.122. The lowest BCUT2D eigenvalue weighted by Gasteiger charge is -2.32. The van der Waals surface area contributed by atoms with Crippen LogP contribution in [0.5, 0.6) is 0 Å². The highest BCUT2D eigenvalue weighted by atomic mass is 32.2. The quantitative estimate of drug-likeness (QED) is 0.585. The monoisotopic (exact) mass is 463 g/mol. The number of likely N-dealkylation sites (tertiary alicyclic amines) is 1. The predicted molar refractivity (Wildman–Crippen MR) is 127 cm³/mol. The zero-order valence-electron chi connectivity index (χ0n) is 19.8. The van der Waals surface area contributed by atoms with E-state index < -0.39 is 10.0 Å². The minimum atomic E-state index is -3.53. The summed E-state index contributed by atoms with van der Waals surface area (Å²) in [6.45, 7) is 9.93. The van der Waals surface area contributed by atoms with Crippen LogP contribution in [0.3, 0.4) is 0 Å². The number of aromatic nitrogens is 2. The SMILES string of the molecule is CCCN1CCC(NC(=O)CCc2nc3cc(S(=O)(=O)N(CC)CC)ccc3n2C)CC1. The summed E-state index contributed by atoms with van der Waals surface area (Å²) >= 11 is 0. The number of hydrogen-bond acceptors (Lipinski definition) is 5. The van der Waals surface area contributed by atoms with Crippen LogP contribution >= 0.6 is 0 Å². The molecule has 1 saturated heterocycles. The van der Waals surface area contributed by atoms with Gasteiger partial charge in [-0.05, 0) is 44.0 Å². The molecule has 0 radical (unpaired) electrons. The maximum absolute atomic E-state index is 12.8. The number of piperidine rings is 1. The molecule has 2 heterocycles. The van der Waals surface area contributed by atoms with E-state index in [1.54, 1.807) is 18.2 Å². The first-order chi connectivity index (χ1) is 15.3. The largest absolute Gasteiger partial charge is 0.353 e. The van der Waals surface area contributed by atoms with Crippen molar-refractivity contribution in [1.82, 2.24) is 24.1 Å². The third-order valence-electron chi connectivity index (χ3n) is 6.36. The highest BCUT2D eigenvalue weighted by Crippen LogP contribution is 2.23. The Morgan fingerprint density at radius 1 is 1.19 bits per heavy atom. The summed E-state index contributed by atoms with van der Waals surface area (Å²) in [7, 11) is -1.62. The number of fused-ring (bicyclic) bond motifs is 1. The molecule has 1 aliphatic rings. The Balaban J connectivity index is 1.63. The smallest absolute Gasteiger partial charge is 0.243 e. The zero-order chi connectivity index (χ0) is 23.3. The first kappa shape index (κ1) is 24.7. The van der Waals surface area contributed by atoms with Crippen molar-refractivity contribution in [3.8, 4) is 0 Å². The highest BCUT2D eigenvalue weighted by molar-refractivity contribution is 7.89. The van der Waals surface area contributed by atoms with E-state index in [0.717, 1.165) is 50.2 Å². The zero-order valence-corrected chi connectivity index (χ0v) is 20.6. The number of hydrogen-bond donors (Lipinski definition) is 1. The molecule has 9 heteroatoms. The first-order valence-corrected chi connectivity index (χ1v) is 13.2. The fourth-order valence-corrected chi connectivity index (χ4v) is 5.95. The average molecular weight is 464 g/mol. The second kappa shape index (κ2) is 10.8. The van der Waals surface area contributed by atoms with Crippen LogP contribution in [0.4, 0.5) is 0 Å². The summed E-state index contributed by atoms with van der Waals surface area (Å²) in [6.07, 6.45) is 4.06. The van der Waals surface area contributed by atoms with Gasteiger partial charge in [0.15, 0.2) is 0 Å². The van der Waals surface area contributed by atoms with Crippen molar-refractivity contribution in [3.05, 3.63) is 24.0 Å². The molecule has 2 aromatic rings. The molecule has 0 aliphatic carbocycles. The Hall–Kier alpha value is -1.97. The van der Waals surface area contributed by atoms with E-state index >= 15 is 0 Å². The second-order valence-corrected chi connectivity index (χ2v) is 10.4. The number of benzene rings is 1. The van der Waals surface area contributed by atoms with Crippen LogP contribution < -0.4 is 5.32 Å². The molecule has 1 fully saturated rings. The Bertz CT molecular complexity index is 1020. The van der Waals surface area contributed by atoms with E-state index in [1.807, 2.05) is 25.5 Å². The van der Waals surface area contributed by atoms with Gasteiger partial charge in [0.1, 0.15) is 5.82 Å². The van der Waals surface area contributed by atoms with Gasteiger partial charge in [0.05, 0.1) is 15.9 Å². The molecule has 0 saturated carbocycles. The summed E-state index contributed by atoms with van der Waals surface area (Å²) in [4.78, 5) is 19.8. The number of imidazole rings is 1. The van der Waals surface area contributed by atoms with Gasteiger partial charge < -0.3 is 14.8 Å². The summed E-state index contributed by atoms with van der Waals surface area (Å²) in [5.41, 5.74) is 1.50. The molecule has 0 unspecified atom stereocenters. The molecule has 1 aromatic carbocycles. The van der Waals surface area contributed by atoms with Crippen molar-refractivity contribution < 1.29 is 13.2 Å². The molecule has 178 valence electrons. The number of rotatable bonds is 10. The van der Waals surface area contributed by atoms with Crippen LogP contribution in [0, 0.1) is 0 Å². The van der Waals surface area contributed by atoms with Crippen LogP contribution in [0.15, 0.2) is 23.1 Å². The summed E-state index contributed by atoms with van der Waals surface area (Å²) < 4.78 is 29.0. The third-order valence-corrected chi connectivity index (χ3v) is 8.40. The number of aryl methyl sites for hydroxylation is 2. The van der Waals surface area contributed by atoms with Crippen molar-refractivity contribution in [2.75, 3.05) is 32.7 Å². The lowest BCUT2D eigenvalue weighted by Crippen LogP contribution is -2.44. The van der Waals surface area contributed by atoms with E-state index in [2.05, 4.69) is 22.1 Å². The van der Waals surface area contributed by atoms with Gasteiger partial charge in [-0.25, -0.2) is 13.4 Å². The summed E-state index contributed by atoms with van der Waals surface area (Å²) in [6, 6.07) is 5.33. The number of carbonyl (C=O) groups excluding carboxylic acids is 1. The van der Waals surface area contributed by atoms with Gasteiger partial charge in [0, 0.05) is 52.1 Å². The van der Waals surface area contributed by atoms with Crippen molar-refractivity contribution in [3.63, 3.8) is 0 Å². The normalized spacial score (nSPS) is 16.2. The Morgan fingerprint density at radius 3 is 2.50 bits per heavy atom. The standard InChI is InChI=1S/C23H37N5O3S/c1-5-14-27-15-12-18(13-16-27)24-23(29)11-10-22-25-20-17-19(8-9-21(20)26(22)4)32(30,31)28(6-2)7-3/h8-9,17-18H,5-7,10-16H2,1-4H3,(H,24,29). The van der Waals surface area contributed by atoms with Gasteiger partial charge in [-0.15, -0.1) is 0 Å². The Morgan fingerprint density at radius 2 is 1.88 bits per heavy atom. The van der Waals surface area contributed by atoms with Crippen LogP contribution in [0.2, 0.25) is 0 Å². The maximum atomic E-state index is 12.8. The minimum absolute atomic E-state index is 0.0517. The van der Waals surface area contributed by atoms with Crippen LogP contribution in [-0.2, 0) is 28.3 Å². The number of amides is 1. The molecule has 0 atom stereocenters. The van der Waals surface area contributed by atoms with Crippen molar-refractivity contribution in [1.29, 1.82) is 0 Å². The molecule has 1 amide bonds. The van der Waals surface area contributed by atoms with Gasteiger partial charge in [0.2, 0.25) is 15.9 Å². The van der Waals surface area contributed by atoms with Gasteiger partial charge in [-0.3, -0.25) is 4.79 Å². The molecular formula is C23H37N5O3S. The molecule has 3 rings (SSSR count). The molecule has 32 heavy (non-hydrogen) atoms. The van der Waals surface area contributed by atoms with Crippen molar-refractivity contribution in [2.45, 2.75) is 63.8 Å². The number of nitrogens with zero attached hydrogens (tertiary/aromatic N) is 4. The summed E-state index contributed by atoms with van der Waals surface area (Å²) in [5.74, 6) is 0.834. The molecule has 8 nitrogen and oxygen atoms in total. The number of nitrogens with one attached hydrogen (secondary N) is 1. The second-order valence-electron chi connectivity index (χ2n) is 8.51. The van der Waals surface area contributed by atoms with Crippen LogP contribution in [0.25, 0.3) is 11.0 Å². The van der Waals surface area contributed by atoms with Crippen LogP contribution in [0.1, 0.15) is 52.3 Å². The predicted octanol–water partition coefficient (Wildman–Crippen LogP) is 2.53. The third kappa shape index (κ3) is 5.50. The van der Waals surface area contributed by atoms with Gasteiger partial charge >= 0.3 is 0 Å². The molecule has 0 spiro atoms. The number of sulfonamides is 1. The average Bonchev–Trinajstić information content (AvgIpc) is 3.09. The van der Waals surface area contributed by atoms with Gasteiger partial charge in [0.25, 0.3) is 0 Å². The van der Waals surface area contributed by atoms with E-state index in [-0.39, 0.29) is 16.8 Å². The minimum Gasteiger partial charge on any atom is -0.353 e. The fourth-order valence-electron chi connectivity index (χ4n) is 4.47. The highest BCUT2D eigenvalue weighted by Gasteiger charge is 2.23. The van der Waals surface area contributed by atoms with E-state index in [9.17, 15) is 13.2 Å². The maximum Gasteiger partial charge on any atom is 0.243 e. The van der Waals surface area contributed by atoms with E-state index in [0.29, 0.717) is 31.4 Å². The number of carbonyl (C=O) groups is 1. The molecule has 1 aliphatic heterocycles. The van der Waals surface area contributed by atoms with Crippen molar-refractivity contribution >= 4 is 27.0 Å². The Labute approximate surface area is 192 Å². The molecule has 1 N–H and O–H groups in total. The lowest BCUT2D eigenvalue weighted by atomic mass is 10.0. The van der Waals surface area contributed by atoms with E-state index in [1.165, 1.54) is 4.31 Å². The first-order valence-electron chi connectivity index (χ1n) is 11.8. The van der Waals surface area contributed by atoms with Crippen LogP contribution in [-0.4, -0.2) is 71.8 Å². The topological polar surface area (TPSA) is 87.5 Å². The van der Waals surface area contributed by atoms with Crippen molar-refractivity contribution in [2.24, 2.45) is 7.05 Å². The molecule has 0 bridgehead atoms. The Kier molecular flexibility index (Phi) is 8.30. The van der Waals surface area contributed by atoms with Gasteiger partial charge in [-0.1, -0.05) is 20.8 Å². The summed E-state index contributed by atoms with van der Waals surface area (Å²) in [5, 5.41) is 3.17. The van der Waals surface area contributed by atoms with E-state index in [4.69, 9.17) is 0 Å². The molecular weight excluding hydrogens is 426 g/mol. The fraction of sp³-hybridized carbons (Fsp3) is 0.652.